The smallest absolute Gasteiger partial charge is 0.282 e. The summed E-state index contributed by atoms with van der Waals surface area (Å²) in [5, 5.41) is 7.41. The number of halogens is 1. The van der Waals surface area contributed by atoms with E-state index in [0.717, 1.165) is 25.2 Å². The van der Waals surface area contributed by atoms with E-state index in [1.807, 2.05) is 0 Å². The largest absolute Gasteiger partial charge is 0.379 e. The van der Waals surface area contributed by atoms with Gasteiger partial charge in [0.1, 0.15) is 4.47 Å². The third kappa shape index (κ3) is 2.87. The summed E-state index contributed by atoms with van der Waals surface area (Å²) in [6.07, 6.45) is 4.01. The molecule has 1 aliphatic heterocycles. The maximum absolute atomic E-state index is 11.7. The fourth-order valence-corrected chi connectivity index (χ4v) is 2.59. The maximum Gasteiger partial charge on any atom is 0.282 e. The Morgan fingerprint density at radius 3 is 3.00 bits per heavy atom. The minimum atomic E-state index is -0.112. The lowest BCUT2D eigenvalue weighted by molar-refractivity contribution is 0.261. The first-order valence-corrected chi connectivity index (χ1v) is 6.54. The van der Waals surface area contributed by atoms with Gasteiger partial charge >= 0.3 is 0 Å². The molecule has 0 spiro atoms. The Hall–Kier alpha value is -0.880. The molecule has 1 aliphatic rings. The number of aryl methyl sites for hydroxylation is 1. The molecule has 2 rings (SSSR count). The Morgan fingerprint density at radius 1 is 1.53 bits per heavy atom. The highest BCUT2D eigenvalue weighted by molar-refractivity contribution is 9.10. The van der Waals surface area contributed by atoms with Crippen LogP contribution in [0.25, 0.3) is 0 Å². The third-order valence-corrected chi connectivity index (χ3v) is 3.83. The summed E-state index contributed by atoms with van der Waals surface area (Å²) in [5.41, 5.74) is 0.674. The van der Waals surface area contributed by atoms with Crippen LogP contribution in [-0.4, -0.2) is 40.9 Å². The summed E-state index contributed by atoms with van der Waals surface area (Å²) < 4.78 is 1.88. The number of hydrogen-bond donors (Lipinski definition) is 1. The van der Waals surface area contributed by atoms with Gasteiger partial charge in [-0.1, -0.05) is 0 Å². The number of likely N-dealkylation sites (N-methyl/N-ethyl adjacent to an activating group) is 1. The van der Waals surface area contributed by atoms with Crippen molar-refractivity contribution in [2.45, 2.75) is 18.9 Å². The predicted octanol–water partition coefficient (Wildman–Crippen LogP) is 1.05. The van der Waals surface area contributed by atoms with E-state index in [-0.39, 0.29) is 5.56 Å². The predicted molar refractivity (Wildman–Crippen MR) is 71.3 cm³/mol. The Morgan fingerprint density at radius 2 is 2.29 bits per heavy atom. The second-order valence-electron chi connectivity index (χ2n) is 4.55. The van der Waals surface area contributed by atoms with Crippen LogP contribution in [-0.2, 0) is 7.05 Å². The number of nitrogens with one attached hydrogen (secondary N) is 1. The van der Waals surface area contributed by atoms with Gasteiger partial charge in [-0.05, 0) is 42.4 Å². The molecule has 1 atom stereocenters. The van der Waals surface area contributed by atoms with Crippen molar-refractivity contribution in [2.75, 3.05) is 25.5 Å². The Kier molecular flexibility index (Phi) is 3.83. The molecule has 5 nitrogen and oxygen atoms in total. The summed E-state index contributed by atoms with van der Waals surface area (Å²) in [5.74, 6) is 0. The molecule has 1 N–H and O–H groups in total. The van der Waals surface area contributed by atoms with E-state index in [2.05, 4.69) is 38.3 Å². The lowest BCUT2D eigenvalue weighted by Crippen LogP contribution is -2.40. The highest BCUT2D eigenvalue weighted by Crippen LogP contribution is 2.20. The second-order valence-corrected chi connectivity index (χ2v) is 5.34. The van der Waals surface area contributed by atoms with E-state index < -0.39 is 0 Å². The van der Waals surface area contributed by atoms with Crippen molar-refractivity contribution in [3.8, 4) is 0 Å². The van der Waals surface area contributed by atoms with Crippen LogP contribution in [0.5, 0.6) is 0 Å². The number of likely N-dealkylation sites (tertiary alicyclic amines) is 1. The molecule has 1 fully saturated rings. The summed E-state index contributed by atoms with van der Waals surface area (Å²) in [7, 11) is 3.76. The Bertz CT molecular complexity index is 459. The molecule has 2 heterocycles. The van der Waals surface area contributed by atoms with Crippen LogP contribution in [0, 0.1) is 0 Å². The summed E-state index contributed by atoms with van der Waals surface area (Å²) in [4.78, 5) is 14.0. The van der Waals surface area contributed by atoms with Crippen molar-refractivity contribution in [3.05, 3.63) is 21.0 Å². The molecule has 0 saturated carbocycles. The molecule has 6 heteroatoms. The number of piperidine rings is 1. The highest BCUT2D eigenvalue weighted by Gasteiger charge is 2.18. The quantitative estimate of drug-likeness (QED) is 0.887. The highest BCUT2D eigenvalue weighted by atomic mass is 79.9. The molecular formula is C11H17BrN4O. The maximum atomic E-state index is 11.7. The van der Waals surface area contributed by atoms with Gasteiger partial charge in [0.2, 0.25) is 0 Å². The minimum absolute atomic E-state index is 0.112. The van der Waals surface area contributed by atoms with Crippen LogP contribution in [0.2, 0.25) is 0 Å². The van der Waals surface area contributed by atoms with E-state index in [4.69, 9.17) is 0 Å². The van der Waals surface area contributed by atoms with Gasteiger partial charge in [0, 0.05) is 19.6 Å². The molecule has 1 aromatic rings. The molecule has 0 unspecified atom stereocenters. The number of rotatable bonds is 2. The Labute approximate surface area is 109 Å². The van der Waals surface area contributed by atoms with Gasteiger partial charge < -0.3 is 10.2 Å². The van der Waals surface area contributed by atoms with Gasteiger partial charge in [-0.3, -0.25) is 4.79 Å². The Balaban J connectivity index is 2.13. The van der Waals surface area contributed by atoms with Crippen LogP contribution in [0.4, 0.5) is 5.69 Å². The topological polar surface area (TPSA) is 50.2 Å². The molecule has 0 aromatic carbocycles. The molecule has 94 valence electrons. The second kappa shape index (κ2) is 5.18. The van der Waals surface area contributed by atoms with Gasteiger partial charge in [0.15, 0.2) is 0 Å². The first-order valence-electron chi connectivity index (χ1n) is 5.75. The number of aromatic nitrogens is 2. The van der Waals surface area contributed by atoms with Crippen molar-refractivity contribution < 1.29 is 0 Å². The number of nitrogens with zero attached hydrogens (tertiary/aromatic N) is 3. The fourth-order valence-electron chi connectivity index (χ4n) is 2.12. The van der Waals surface area contributed by atoms with E-state index in [9.17, 15) is 4.79 Å². The first-order chi connectivity index (χ1) is 8.08. The van der Waals surface area contributed by atoms with Crippen molar-refractivity contribution in [1.29, 1.82) is 0 Å². The lowest BCUT2D eigenvalue weighted by atomic mass is 10.1. The van der Waals surface area contributed by atoms with Gasteiger partial charge in [0.05, 0.1) is 11.9 Å². The lowest BCUT2D eigenvalue weighted by Gasteiger charge is -2.30. The summed E-state index contributed by atoms with van der Waals surface area (Å²) in [6.45, 7) is 2.15. The molecule has 0 radical (unpaired) electrons. The van der Waals surface area contributed by atoms with Crippen LogP contribution >= 0.6 is 15.9 Å². The van der Waals surface area contributed by atoms with Crippen molar-refractivity contribution >= 4 is 21.6 Å². The molecular weight excluding hydrogens is 284 g/mol. The molecule has 17 heavy (non-hydrogen) atoms. The monoisotopic (exact) mass is 300 g/mol. The average molecular weight is 301 g/mol. The third-order valence-electron chi connectivity index (χ3n) is 3.06. The first kappa shape index (κ1) is 12.6. The van der Waals surface area contributed by atoms with Gasteiger partial charge in [-0.2, -0.15) is 5.10 Å². The van der Waals surface area contributed by atoms with Gasteiger partial charge in [-0.25, -0.2) is 4.68 Å². The number of hydrogen-bond acceptors (Lipinski definition) is 4. The molecule has 0 amide bonds. The minimum Gasteiger partial charge on any atom is -0.379 e. The van der Waals surface area contributed by atoms with Crippen molar-refractivity contribution in [1.82, 2.24) is 14.7 Å². The standard InChI is InChI=1S/C11H17BrN4O/c1-15-5-3-4-8(7-15)14-9-6-13-16(2)11(17)10(9)12/h6,8,14H,3-5,7H2,1-2H3/t8-/m1/s1. The van der Waals surface area contributed by atoms with Crippen molar-refractivity contribution in [2.24, 2.45) is 7.05 Å². The van der Waals surface area contributed by atoms with Crippen LogP contribution in [0.15, 0.2) is 15.5 Å². The van der Waals surface area contributed by atoms with Gasteiger partial charge in [-0.15, -0.1) is 0 Å². The summed E-state index contributed by atoms with van der Waals surface area (Å²) >= 11 is 3.32. The van der Waals surface area contributed by atoms with Crippen molar-refractivity contribution in [3.63, 3.8) is 0 Å². The normalized spacial score (nSPS) is 21.5. The average Bonchev–Trinajstić information content (AvgIpc) is 2.30. The SMILES string of the molecule is CN1CCC[C@@H](Nc2cnn(C)c(=O)c2Br)C1. The zero-order valence-electron chi connectivity index (χ0n) is 10.1. The van der Waals surface area contributed by atoms with E-state index in [1.165, 1.54) is 11.1 Å². The van der Waals surface area contributed by atoms with E-state index >= 15 is 0 Å². The zero-order chi connectivity index (χ0) is 12.4. The van der Waals surface area contributed by atoms with Crippen LogP contribution in [0.1, 0.15) is 12.8 Å². The van der Waals surface area contributed by atoms with E-state index in [1.54, 1.807) is 13.2 Å². The summed E-state index contributed by atoms with van der Waals surface area (Å²) in [6, 6.07) is 0.388. The number of anilines is 1. The zero-order valence-corrected chi connectivity index (χ0v) is 11.7. The molecule has 0 aliphatic carbocycles. The van der Waals surface area contributed by atoms with E-state index in [0.29, 0.717) is 10.5 Å². The van der Waals surface area contributed by atoms with Crippen LogP contribution in [0.3, 0.4) is 0 Å². The van der Waals surface area contributed by atoms with Crippen LogP contribution < -0.4 is 10.9 Å². The molecule has 1 saturated heterocycles. The molecule has 1 aromatic heterocycles. The van der Waals surface area contributed by atoms with Gasteiger partial charge in [0.25, 0.3) is 5.56 Å². The molecule has 0 bridgehead atoms. The fraction of sp³-hybridized carbons (Fsp3) is 0.636.